The lowest BCUT2D eigenvalue weighted by molar-refractivity contribution is 1.14. The van der Waals surface area contributed by atoms with Gasteiger partial charge >= 0.3 is 0 Å². The van der Waals surface area contributed by atoms with Gasteiger partial charge in [-0.05, 0) is 105 Å². The highest BCUT2D eigenvalue weighted by atomic mass is 28.3. The zero-order valence-electron chi connectivity index (χ0n) is 34.8. The first-order valence-corrected chi connectivity index (χ1v) is 23.2. The molecule has 9 aromatic rings. The van der Waals surface area contributed by atoms with Crippen LogP contribution in [-0.4, -0.2) is 8.80 Å². The molecule has 0 aliphatic rings. The Morgan fingerprint density at radius 3 is 0.508 bits per heavy atom. The van der Waals surface area contributed by atoms with Crippen molar-refractivity contribution >= 4 is 24.4 Å². The van der Waals surface area contributed by atoms with Crippen LogP contribution in [0.5, 0.6) is 0 Å². The van der Waals surface area contributed by atoms with Gasteiger partial charge in [0.05, 0.1) is 0 Å². The normalized spacial score (nSPS) is 11.2. The summed E-state index contributed by atoms with van der Waals surface area (Å²) in [5.74, 6) is 0. The largest absolute Gasteiger partial charge is 0.154 e. The highest BCUT2D eigenvalue weighted by molar-refractivity contribution is 6.95. The van der Waals surface area contributed by atoms with E-state index in [0.717, 1.165) is 38.5 Å². The van der Waals surface area contributed by atoms with E-state index in [9.17, 15) is 0 Å². The Labute approximate surface area is 364 Å². The van der Waals surface area contributed by atoms with Gasteiger partial charge in [0.2, 0.25) is 0 Å². The standard InChI is InChI=1S/C60H51Si/c1-7-19-46(20-8-1)31-52-37-53(32-47-21-9-2-10-22-47)41-58(40-52)61(59-42-54(33-48-23-11-3-12-24-48)38-55(43-59)34-49-25-13-4-14-26-49)60-44-56(35-50-27-15-5-16-28-50)39-57(45-60)36-51-29-17-6-18-30-51/h1-30,37-45H,31-36H2. The average Bonchev–Trinajstić information content (AvgIpc) is 3.28. The number of benzene rings is 9. The van der Waals surface area contributed by atoms with E-state index in [4.69, 9.17) is 0 Å². The van der Waals surface area contributed by atoms with E-state index in [1.54, 1.807) is 0 Å². The van der Waals surface area contributed by atoms with Gasteiger partial charge in [-0.2, -0.15) is 0 Å². The van der Waals surface area contributed by atoms with Gasteiger partial charge in [0.25, 0.3) is 0 Å². The predicted octanol–water partition coefficient (Wildman–Crippen LogP) is 11.7. The molecule has 0 heterocycles. The van der Waals surface area contributed by atoms with Gasteiger partial charge in [-0.15, -0.1) is 0 Å². The molecule has 0 atom stereocenters. The van der Waals surface area contributed by atoms with E-state index >= 15 is 0 Å². The van der Waals surface area contributed by atoms with E-state index in [-0.39, 0.29) is 0 Å². The molecule has 0 aliphatic heterocycles. The molecule has 0 unspecified atom stereocenters. The molecule has 0 fully saturated rings. The third-order valence-electron chi connectivity index (χ3n) is 11.5. The molecule has 0 amide bonds. The Hall–Kier alpha value is -6.80. The zero-order chi connectivity index (χ0) is 41.1. The minimum atomic E-state index is -1.56. The van der Waals surface area contributed by atoms with Crippen molar-refractivity contribution in [1.29, 1.82) is 0 Å². The summed E-state index contributed by atoms with van der Waals surface area (Å²) in [6.45, 7) is 0. The average molecular weight is 800 g/mol. The van der Waals surface area contributed by atoms with Gasteiger partial charge < -0.3 is 0 Å². The molecule has 0 aliphatic carbocycles. The molecule has 1 radical (unpaired) electrons. The molecule has 0 saturated heterocycles. The van der Waals surface area contributed by atoms with Crippen molar-refractivity contribution in [3.05, 3.63) is 303 Å². The van der Waals surface area contributed by atoms with Crippen LogP contribution in [0.25, 0.3) is 0 Å². The van der Waals surface area contributed by atoms with Crippen LogP contribution in [-0.2, 0) is 38.5 Å². The van der Waals surface area contributed by atoms with Crippen molar-refractivity contribution in [2.75, 3.05) is 0 Å². The third kappa shape index (κ3) is 10.9. The Kier molecular flexibility index (Phi) is 12.7. The molecule has 61 heavy (non-hydrogen) atoms. The summed E-state index contributed by atoms with van der Waals surface area (Å²) in [6, 6.07) is 88.6. The van der Waals surface area contributed by atoms with Crippen molar-refractivity contribution in [2.24, 2.45) is 0 Å². The van der Waals surface area contributed by atoms with Gasteiger partial charge in [0.15, 0.2) is 8.80 Å². The molecular formula is C60H51Si. The van der Waals surface area contributed by atoms with Crippen LogP contribution in [0.4, 0.5) is 0 Å². The molecule has 0 aromatic heterocycles. The molecular weight excluding hydrogens is 749 g/mol. The fraction of sp³-hybridized carbons (Fsp3) is 0.100. The topological polar surface area (TPSA) is 0 Å². The summed E-state index contributed by atoms with van der Waals surface area (Å²) in [7, 11) is -1.56. The summed E-state index contributed by atoms with van der Waals surface area (Å²) in [5.41, 5.74) is 16.2. The maximum Gasteiger partial charge on any atom is 0.154 e. The van der Waals surface area contributed by atoms with Crippen molar-refractivity contribution in [3.8, 4) is 0 Å². The third-order valence-corrected chi connectivity index (χ3v) is 14.1. The number of hydrogen-bond acceptors (Lipinski definition) is 0. The first-order chi connectivity index (χ1) is 30.1. The molecule has 9 rings (SSSR count). The first kappa shape index (κ1) is 39.6. The van der Waals surface area contributed by atoms with Crippen LogP contribution in [0, 0.1) is 0 Å². The van der Waals surface area contributed by atoms with Crippen LogP contribution in [0.15, 0.2) is 237 Å². The van der Waals surface area contributed by atoms with Crippen LogP contribution in [0.3, 0.4) is 0 Å². The Bertz CT molecular complexity index is 2270. The first-order valence-electron chi connectivity index (χ1n) is 21.7. The van der Waals surface area contributed by atoms with Crippen molar-refractivity contribution in [1.82, 2.24) is 0 Å². The van der Waals surface area contributed by atoms with E-state index in [2.05, 4.69) is 237 Å². The fourth-order valence-electron chi connectivity index (χ4n) is 8.82. The minimum absolute atomic E-state index is 0.895. The summed E-state index contributed by atoms with van der Waals surface area (Å²) in [5, 5.41) is 4.32. The van der Waals surface area contributed by atoms with Crippen LogP contribution in [0.1, 0.15) is 66.8 Å². The van der Waals surface area contributed by atoms with Gasteiger partial charge in [0.1, 0.15) is 0 Å². The Balaban J connectivity index is 1.26. The zero-order valence-corrected chi connectivity index (χ0v) is 35.8. The summed E-state index contributed by atoms with van der Waals surface area (Å²) in [4.78, 5) is 0. The molecule has 1 heteroatoms. The second-order valence-electron chi connectivity index (χ2n) is 16.5. The van der Waals surface area contributed by atoms with Gasteiger partial charge in [0, 0.05) is 0 Å². The van der Waals surface area contributed by atoms with Gasteiger partial charge in [-0.25, -0.2) is 0 Å². The van der Waals surface area contributed by atoms with Crippen LogP contribution >= 0.6 is 0 Å². The molecule has 0 bridgehead atoms. The molecule has 0 spiro atoms. The highest BCUT2D eigenvalue weighted by Crippen LogP contribution is 2.20. The lowest BCUT2D eigenvalue weighted by Gasteiger charge is -2.23. The summed E-state index contributed by atoms with van der Waals surface area (Å²) >= 11 is 0. The minimum Gasteiger partial charge on any atom is -0.0622 e. The van der Waals surface area contributed by atoms with E-state index < -0.39 is 8.80 Å². The lowest BCUT2D eigenvalue weighted by atomic mass is 9.99. The van der Waals surface area contributed by atoms with Crippen molar-refractivity contribution < 1.29 is 0 Å². The van der Waals surface area contributed by atoms with E-state index in [0.29, 0.717) is 0 Å². The van der Waals surface area contributed by atoms with Crippen LogP contribution < -0.4 is 15.6 Å². The maximum absolute atomic E-state index is 2.55. The van der Waals surface area contributed by atoms with Gasteiger partial charge in [-0.3, -0.25) is 0 Å². The van der Waals surface area contributed by atoms with Gasteiger partial charge in [-0.1, -0.05) is 252 Å². The predicted molar refractivity (Wildman–Crippen MR) is 259 cm³/mol. The maximum atomic E-state index is 2.55. The number of rotatable bonds is 15. The Morgan fingerprint density at radius 1 is 0.180 bits per heavy atom. The molecule has 0 nitrogen and oxygen atoms in total. The molecule has 0 N–H and O–H groups in total. The number of hydrogen-bond donors (Lipinski definition) is 0. The lowest BCUT2D eigenvalue weighted by Crippen LogP contribution is -2.52. The van der Waals surface area contributed by atoms with Crippen molar-refractivity contribution in [3.63, 3.8) is 0 Å². The summed E-state index contributed by atoms with van der Waals surface area (Å²) < 4.78 is 0. The van der Waals surface area contributed by atoms with Crippen molar-refractivity contribution in [2.45, 2.75) is 38.5 Å². The highest BCUT2D eigenvalue weighted by Gasteiger charge is 2.24. The van der Waals surface area contributed by atoms with E-state index in [1.807, 2.05) is 0 Å². The SMILES string of the molecule is c1ccc(Cc2cc(Cc3ccccc3)cc([Si](c3cc(Cc4ccccc4)cc(Cc4ccccc4)c3)c3cc(Cc4ccccc4)cc(Cc4ccccc4)c3)c2)cc1. The summed E-state index contributed by atoms with van der Waals surface area (Å²) in [6.07, 6.45) is 5.37. The monoisotopic (exact) mass is 799 g/mol. The fourth-order valence-corrected chi connectivity index (χ4v) is 11.8. The second-order valence-corrected chi connectivity index (χ2v) is 18.9. The second kappa shape index (κ2) is 19.5. The smallest absolute Gasteiger partial charge is 0.0622 e. The molecule has 295 valence electrons. The van der Waals surface area contributed by atoms with Crippen LogP contribution in [0.2, 0.25) is 0 Å². The molecule has 9 aromatic carbocycles. The molecule has 0 saturated carbocycles. The van der Waals surface area contributed by atoms with E-state index in [1.165, 1.54) is 82.3 Å². The quantitative estimate of drug-likeness (QED) is 0.0716. The Morgan fingerprint density at radius 2 is 0.344 bits per heavy atom.